The van der Waals surface area contributed by atoms with Gasteiger partial charge in [-0.25, -0.2) is 0 Å². The van der Waals surface area contributed by atoms with E-state index < -0.39 is 0 Å². The van der Waals surface area contributed by atoms with Gasteiger partial charge in [-0.1, -0.05) is 26.0 Å². The molecule has 0 unspecified atom stereocenters. The molecule has 2 rings (SSSR count). The maximum atomic E-state index is 11.2. The fraction of sp³-hybridized carbons (Fsp3) is 0.316. The summed E-state index contributed by atoms with van der Waals surface area (Å²) in [4.78, 5) is 11.2. The van der Waals surface area contributed by atoms with Crippen molar-refractivity contribution in [3.8, 4) is 23.0 Å². The Labute approximate surface area is 137 Å². The molecule has 0 saturated heterocycles. The molecule has 0 atom stereocenters. The number of benzene rings is 2. The molecule has 0 aliphatic carbocycles. The first-order valence-electron chi connectivity index (χ1n) is 7.78. The van der Waals surface area contributed by atoms with E-state index in [-0.39, 0.29) is 0 Å². The zero-order valence-electron chi connectivity index (χ0n) is 13.8. The maximum absolute atomic E-state index is 11.2. The van der Waals surface area contributed by atoms with Crippen molar-refractivity contribution in [2.24, 2.45) is 0 Å². The standard InChI is InChI=1S/C19H22O4/c1-4-9-22-19-17(21-3)11-15(13-20)12-18(19)23-16-8-6-7-14(5-2)10-16/h6-8,10-13H,4-5,9H2,1-3H3. The van der Waals surface area contributed by atoms with Gasteiger partial charge in [0.15, 0.2) is 11.5 Å². The summed E-state index contributed by atoms with van der Waals surface area (Å²) in [5.74, 6) is 2.19. The monoisotopic (exact) mass is 314 g/mol. The molecule has 0 aliphatic heterocycles. The van der Waals surface area contributed by atoms with Crippen molar-refractivity contribution < 1.29 is 19.0 Å². The van der Waals surface area contributed by atoms with E-state index in [1.54, 1.807) is 19.2 Å². The van der Waals surface area contributed by atoms with Crippen LogP contribution in [0.5, 0.6) is 23.0 Å². The van der Waals surface area contributed by atoms with Gasteiger partial charge in [0.2, 0.25) is 5.75 Å². The van der Waals surface area contributed by atoms with Gasteiger partial charge in [-0.15, -0.1) is 0 Å². The summed E-state index contributed by atoms with van der Waals surface area (Å²) in [6, 6.07) is 11.2. The van der Waals surface area contributed by atoms with E-state index in [9.17, 15) is 4.79 Å². The number of aldehydes is 1. The van der Waals surface area contributed by atoms with Crippen molar-refractivity contribution in [1.82, 2.24) is 0 Å². The third-order valence-electron chi connectivity index (χ3n) is 3.38. The van der Waals surface area contributed by atoms with E-state index in [1.165, 1.54) is 5.56 Å². The van der Waals surface area contributed by atoms with Crippen LogP contribution < -0.4 is 14.2 Å². The number of rotatable bonds is 8. The van der Waals surface area contributed by atoms with Crippen LogP contribution in [0.25, 0.3) is 0 Å². The van der Waals surface area contributed by atoms with Crippen LogP contribution in [-0.4, -0.2) is 20.0 Å². The van der Waals surface area contributed by atoms with Crippen LogP contribution in [0.3, 0.4) is 0 Å². The van der Waals surface area contributed by atoms with E-state index in [0.717, 1.165) is 19.1 Å². The molecule has 122 valence electrons. The molecule has 0 bridgehead atoms. The average Bonchev–Trinajstić information content (AvgIpc) is 2.60. The molecule has 23 heavy (non-hydrogen) atoms. The minimum absolute atomic E-state index is 0.479. The first-order chi connectivity index (χ1) is 11.2. The van der Waals surface area contributed by atoms with E-state index in [0.29, 0.717) is 35.2 Å². The Hall–Kier alpha value is -2.49. The topological polar surface area (TPSA) is 44.8 Å². The molecule has 0 spiro atoms. The van der Waals surface area contributed by atoms with Crippen LogP contribution in [0.15, 0.2) is 36.4 Å². The highest BCUT2D eigenvalue weighted by molar-refractivity contribution is 5.78. The van der Waals surface area contributed by atoms with Crippen LogP contribution in [-0.2, 0) is 6.42 Å². The van der Waals surface area contributed by atoms with Gasteiger partial charge >= 0.3 is 0 Å². The predicted molar refractivity (Wildman–Crippen MR) is 90.1 cm³/mol. The van der Waals surface area contributed by atoms with Gasteiger partial charge in [-0.05, 0) is 42.7 Å². The molecule has 0 heterocycles. The number of hydrogen-bond donors (Lipinski definition) is 0. The smallest absolute Gasteiger partial charge is 0.204 e. The van der Waals surface area contributed by atoms with Crippen molar-refractivity contribution in [2.45, 2.75) is 26.7 Å². The Balaban J connectivity index is 2.42. The molecule has 0 saturated carbocycles. The lowest BCUT2D eigenvalue weighted by Crippen LogP contribution is -2.01. The molecule has 4 heteroatoms. The summed E-state index contributed by atoms with van der Waals surface area (Å²) in [5.41, 5.74) is 1.66. The summed E-state index contributed by atoms with van der Waals surface area (Å²) < 4.78 is 17.1. The number of carbonyl (C=O) groups excluding carboxylic acids is 1. The summed E-state index contributed by atoms with van der Waals surface area (Å²) >= 11 is 0. The number of hydrogen-bond acceptors (Lipinski definition) is 4. The quantitative estimate of drug-likeness (QED) is 0.665. The molecular formula is C19H22O4. The normalized spacial score (nSPS) is 10.2. The zero-order valence-corrected chi connectivity index (χ0v) is 13.8. The van der Waals surface area contributed by atoms with Gasteiger partial charge < -0.3 is 14.2 Å². The van der Waals surface area contributed by atoms with Gasteiger partial charge in [-0.2, -0.15) is 0 Å². The molecule has 0 aliphatic rings. The number of aryl methyl sites for hydroxylation is 1. The van der Waals surface area contributed by atoms with Gasteiger partial charge in [0, 0.05) is 5.56 Å². The molecule has 0 aromatic heterocycles. The lowest BCUT2D eigenvalue weighted by molar-refractivity contribution is 0.112. The Bertz CT molecular complexity index is 664. The molecule has 0 fully saturated rings. The van der Waals surface area contributed by atoms with Gasteiger partial charge in [0.25, 0.3) is 0 Å². The van der Waals surface area contributed by atoms with E-state index in [4.69, 9.17) is 14.2 Å². The Morgan fingerprint density at radius 2 is 1.87 bits per heavy atom. The van der Waals surface area contributed by atoms with Crippen LogP contribution in [0.2, 0.25) is 0 Å². The van der Waals surface area contributed by atoms with Gasteiger partial charge in [0.1, 0.15) is 12.0 Å². The van der Waals surface area contributed by atoms with Crippen molar-refractivity contribution >= 4 is 6.29 Å². The average molecular weight is 314 g/mol. The molecule has 0 amide bonds. The molecule has 0 N–H and O–H groups in total. The zero-order chi connectivity index (χ0) is 16.7. The van der Waals surface area contributed by atoms with E-state index in [2.05, 4.69) is 6.92 Å². The molecule has 0 radical (unpaired) electrons. The fourth-order valence-electron chi connectivity index (χ4n) is 2.19. The van der Waals surface area contributed by atoms with Crippen molar-refractivity contribution in [1.29, 1.82) is 0 Å². The lowest BCUT2D eigenvalue weighted by atomic mass is 10.1. The van der Waals surface area contributed by atoms with E-state index in [1.807, 2.05) is 31.2 Å². The van der Waals surface area contributed by atoms with Gasteiger partial charge in [0.05, 0.1) is 13.7 Å². The summed E-state index contributed by atoms with van der Waals surface area (Å²) in [7, 11) is 1.55. The number of ether oxygens (including phenoxy) is 3. The largest absolute Gasteiger partial charge is 0.493 e. The van der Waals surface area contributed by atoms with Crippen LogP contribution in [0, 0.1) is 0 Å². The highest BCUT2D eigenvalue weighted by atomic mass is 16.5. The first-order valence-corrected chi connectivity index (χ1v) is 7.78. The Kier molecular flexibility index (Phi) is 6.03. The summed E-state index contributed by atoms with van der Waals surface area (Å²) in [5, 5.41) is 0. The second kappa shape index (κ2) is 8.22. The lowest BCUT2D eigenvalue weighted by Gasteiger charge is -2.16. The number of carbonyl (C=O) groups is 1. The Morgan fingerprint density at radius 1 is 1.09 bits per heavy atom. The summed E-state index contributed by atoms with van der Waals surface area (Å²) in [6.45, 7) is 4.66. The van der Waals surface area contributed by atoms with Crippen molar-refractivity contribution in [3.05, 3.63) is 47.5 Å². The van der Waals surface area contributed by atoms with Crippen LogP contribution in [0.4, 0.5) is 0 Å². The second-order valence-electron chi connectivity index (χ2n) is 5.12. The first kappa shape index (κ1) is 16.9. The minimum Gasteiger partial charge on any atom is -0.493 e. The minimum atomic E-state index is 0.479. The van der Waals surface area contributed by atoms with E-state index >= 15 is 0 Å². The third kappa shape index (κ3) is 4.25. The summed E-state index contributed by atoms with van der Waals surface area (Å²) in [6.07, 6.45) is 2.55. The van der Waals surface area contributed by atoms with Crippen LogP contribution >= 0.6 is 0 Å². The third-order valence-corrected chi connectivity index (χ3v) is 3.38. The SMILES string of the molecule is CCCOc1c(OC)cc(C=O)cc1Oc1cccc(CC)c1. The van der Waals surface area contributed by atoms with Crippen molar-refractivity contribution in [3.63, 3.8) is 0 Å². The molecule has 2 aromatic carbocycles. The number of methoxy groups -OCH3 is 1. The molecule has 4 nitrogen and oxygen atoms in total. The van der Waals surface area contributed by atoms with Crippen LogP contribution in [0.1, 0.15) is 36.2 Å². The van der Waals surface area contributed by atoms with Gasteiger partial charge in [-0.3, -0.25) is 4.79 Å². The van der Waals surface area contributed by atoms with Crippen molar-refractivity contribution in [2.75, 3.05) is 13.7 Å². The Morgan fingerprint density at radius 3 is 2.52 bits per heavy atom. The molecule has 2 aromatic rings. The highest BCUT2D eigenvalue weighted by Gasteiger charge is 2.15. The second-order valence-corrected chi connectivity index (χ2v) is 5.12. The maximum Gasteiger partial charge on any atom is 0.204 e. The fourth-order valence-corrected chi connectivity index (χ4v) is 2.19. The highest BCUT2D eigenvalue weighted by Crippen LogP contribution is 2.40. The predicted octanol–water partition coefficient (Wildman–Crippen LogP) is 4.65. The molecular weight excluding hydrogens is 292 g/mol.